The Morgan fingerprint density at radius 2 is 2.00 bits per heavy atom. The fraction of sp³-hybridized carbons (Fsp3) is 0.412. The van der Waals surface area contributed by atoms with Crippen molar-refractivity contribution >= 4 is 34.8 Å². The summed E-state index contributed by atoms with van der Waals surface area (Å²) in [4.78, 5) is 26.7. The van der Waals surface area contributed by atoms with Gasteiger partial charge in [-0.05, 0) is 44.8 Å². The Labute approximate surface area is 167 Å². The fourth-order valence-corrected chi connectivity index (χ4v) is 2.82. The van der Waals surface area contributed by atoms with Gasteiger partial charge in [-0.15, -0.1) is 0 Å². The number of nitrogens with zero attached hydrogens (tertiary/aromatic N) is 5. The first-order valence-corrected chi connectivity index (χ1v) is 9.05. The van der Waals surface area contributed by atoms with E-state index in [1.807, 2.05) is 25.1 Å². The Morgan fingerprint density at radius 3 is 2.59 bits per heavy atom. The third-order valence-electron chi connectivity index (χ3n) is 3.87. The first-order valence-electron chi connectivity index (χ1n) is 8.29. The van der Waals surface area contributed by atoms with E-state index in [1.54, 1.807) is 17.0 Å². The number of hydrogen-bond acceptors (Lipinski definition) is 5. The second-order valence-electron chi connectivity index (χ2n) is 6.37. The molecule has 10 heteroatoms. The van der Waals surface area contributed by atoms with Gasteiger partial charge >= 0.3 is 5.69 Å². The standard InChI is InChI=1S/C17H21Cl2N5O3/c1-21(2)6-3-7-22(10-13-4-5-15(18)16(19)8-13)17(25)12-23-11-14(9-20-23)24(26)27/h4-5,8-9,11H,3,6-7,10,12H2,1-2H3. The molecule has 0 N–H and O–H groups in total. The van der Waals surface area contributed by atoms with E-state index >= 15 is 0 Å². The van der Waals surface area contributed by atoms with Gasteiger partial charge < -0.3 is 9.80 Å². The number of benzene rings is 1. The van der Waals surface area contributed by atoms with E-state index in [0.29, 0.717) is 23.1 Å². The number of carbonyl (C=O) groups is 1. The Kier molecular flexibility index (Phi) is 7.58. The number of carbonyl (C=O) groups excluding carboxylic acids is 1. The van der Waals surface area contributed by atoms with Gasteiger partial charge in [0, 0.05) is 13.1 Å². The molecule has 0 aliphatic heterocycles. The molecule has 27 heavy (non-hydrogen) atoms. The van der Waals surface area contributed by atoms with Gasteiger partial charge in [0.1, 0.15) is 18.9 Å². The first-order chi connectivity index (χ1) is 12.8. The highest BCUT2D eigenvalue weighted by molar-refractivity contribution is 6.42. The van der Waals surface area contributed by atoms with Crippen LogP contribution < -0.4 is 0 Å². The van der Waals surface area contributed by atoms with Crippen molar-refractivity contribution in [2.24, 2.45) is 0 Å². The van der Waals surface area contributed by atoms with Crippen molar-refractivity contribution in [3.05, 3.63) is 56.3 Å². The van der Waals surface area contributed by atoms with Gasteiger partial charge in [0.25, 0.3) is 0 Å². The van der Waals surface area contributed by atoms with Gasteiger partial charge in [-0.3, -0.25) is 19.6 Å². The molecule has 2 rings (SSSR count). The van der Waals surface area contributed by atoms with Crippen LogP contribution in [0.3, 0.4) is 0 Å². The van der Waals surface area contributed by atoms with Crippen molar-refractivity contribution in [2.45, 2.75) is 19.5 Å². The molecule has 0 aliphatic rings. The molecular weight excluding hydrogens is 393 g/mol. The van der Waals surface area contributed by atoms with Crippen LogP contribution in [-0.4, -0.2) is 57.6 Å². The van der Waals surface area contributed by atoms with Crippen LogP contribution in [-0.2, 0) is 17.9 Å². The first kappa shape index (κ1) is 21.1. The summed E-state index contributed by atoms with van der Waals surface area (Å²) in [5.41, 5.74) is 0.709. The predicted octanol–water partition coefficient (Wildman–Crippen LogP) is 3.08. The SMILES string of the molecule is CN(C)CCCN(Cc1ccc(Cl)c(Cl)c1)C(=O)Cn1cc([N+](=O)[O-])cn1. The van der Waals surface area contributed by atoms with E-state index in [4.69, 9.17) is 23.2 Å². The van der Waals surface area contributed by atoms with E-state index in [0.717, 1.165) is 24.7 Å². The number of aromatic nitrogens is 2. The molecule has 1 amide bonds. The third-order valence-corrected chi connectivity index (χ3v) is 4.61. The maximum absolute atomic E-state index is 12.7. The van der Waals surface area contributed by atoms with E-state index in [-0.39, 0.29) is 18.1 Å². The minimum absolute atomic E-state index is 0.0723. The second kappa shape index (κ2) is 9.68. The van der Waals surface area contributed by atoms with Gasteiger partial charge in [-0.25, -0.2) is 0 Å². The summed E-state index contributed by atoms with van der Waals surface area (Å²) in [6, 6.07) is 5.24. The van der Waals surface area contributed by atoms with Crippen molar-refractivity contribution in [1.29, 1.82) is 0 Å². The van der Waals surface area contributed by atoms with Crippen molar-refractivity contribution in [1.82, 2.24) is 19.6 Å². The summed E-state index contributed by atoms with van der Waals surface area (Å²) in [5, 5.41) is 15.5. The number of nitro groups is 1. The summed E-state index contributed by atoms with van der Waals surface area (Å²) < 4.78 is 1.27. The van der Waals surface area contributed by atoms with Crippen LogP contribution >= 0.6 is 23.2 Å². The normalized spacial score (nSPS) is 11.0. The molecule has 1 aromatic carbocycles. The highest BCUT2D eigenvalue weighted by Gasteiger charge is 2.17. The molecule has 1 aromatic heterocycles. The van der Waals surface area contributed by atoms with E-state index in [1.165, 1.54) is 10.9 Å². The largest absolute Gasteiger partial charge is 0.337 e. The number of rotatable bonds is 9. The van der Waals surface area contributed by atoms with Crippen LogP contribution in [0.2, 0.25) is 10.0 Å². The lowest BCUT2D eigenvalue weighted by atomic mass is 10.2. The van der Waals surface area contributed by atoms with Gasteiger partial charge in [-0.1, -0.05) is 29.3 Å². The lowest BCUT2D eigenvalue weighted by molar-refractivity contribution is -0.385. The summed E-state index contributed by atoms with van der Waals surface area (Å²) in [7, 11) is 3.93. The molecule has 0 saturated heterocycles. The molecule has 0 saturated carbocycles. The summed E-state index contributed by atoms with van der Waals surface area (Å²) in [6.45, 7) is 1.67. The fourth-order valence-electron chi connectivity index (χ4n) is 2.50. The molecule has 8 nitrogen and oxygen atoms in total. The molecular formula is C17H21Cl2N5O3. The lowest BCUT2D eigenvalue weighted by Crippen LogP contribution is -2.35. The summed E-state index contributed by atoms with van der Waals surface area (Å²) in [5.74, 6) is -0.183. The van der Waals surface area contributed by atoms with Crippen LogP contribution in [0.1, 0.15) is 12.0 Å². The smallest absolute Gasteiger partial charge is 0.307 e. The second-order valence-corrected chi connectivity index (χ2v) is 7.19. The van der Waals surface area contributed by atoms with E-state index in [2.05, 4.69) is 5.10 Å². The van der Waals surface area contributed by atoms with Crippen molar-refractivity contribution in [3.8, 4) is 0 Å². The van der Waals surface area contributed by atoms with E-state index in [9.17, 15) is 14.9 Å². The van der Waals surface area contributed by atoms with Crippen molar-refractivity contribution in [3.63, 3.8) is 0 Å². The van der Waals surface area contributed by atoms with Crippen molar-refractivity contribution < 1.29 is 9.72 Å². The van der Waals surface area contributed by atoms with Crippen LogP contribution in [0.15, 0.2) is 30.6 Å². The number of amides is 1. The minimum atomic E-state index is -0.543. The zero-order valence-corrected chi connectivity index (χ0v) is 16.7. The monoisotopic (exact) mass is 413 g/mol. The van der Waals surface area contributed by atoms with Gasteiger partial charge in [0.15, 0.2) is 0 Å². The van der Waals surface area contributed by atoms with Crippen LogP contribution in [0.25, 0.3) is 0 Å². The molecule has 0 radical (unpaired) electrons. The zero-order valence-electron chi connectivity index (χ0n) is 15.1. The van der Waals surface area contributed by atoms with Gasteiger partial charge in [0.2, 0.25) is 5.91 Å². The molecule has 1 heterocycles. The molecule has 0 fully saturated rings. The average Bonchev–Trinajstić information content (AvgIpc) is 3.05. The third kappa shape index (κ3) is 6.50. The average molecular weight is 414 g/mol. The van der Waals surface area contributed by atoms with Gasteiger partial charge in [-0.2, -0.15) is 5.10 Å². The number of halogens is 2. The molecule has 2 aromatic rings. The molecule has 0 atom stereocenters. The zero-order chi connectivity index (χ0) is 20.0. The molecule has 146 valence electrons. The quantitative estimate of drug-likeness (QED) is 0.465. The molecule has 0 spiro atoms. The maximum Gasteiger partial charge on any atom is 0.307 e. The molecule has 0 bridgehead atoms. The summed E-state index contributed by atoms with van der Waals surface area (Å²) >= 11 is 12.0. The molecule has 0 aliphatic carbocycles. The number of hydrogen-bond donors (Lipinski definition) is 0. The van der Waals surface area contributed by atoms with Crippen LogP contribution in [0.5, 0.6) is 0 Å². The Balaban J connectivity index is 2.10. The maximum atomic E-state index is 12.7. The lowest BCUT2D eigenvalue weighted by Gasteiger charge is -2.24. The van der Waals surface area contributed by atoms with Crippen LogP contribution in [0, 0.1) is 10.1 Å². The van der Waals surface area contributed by atoms with Crippen molar-refractivity contribution in [2.75, 3.05) is 27.2 Å². The highest BCUT2D eigenvalue weighted by atomic mass is 35.5. The topological polar surface area (TPSA) is 84.5 Å². The minimum Gasteiger partial charge on any atom is -0.337 e. The highest BCUT2D eigenvalue weighted by Crippen LogP contribution is 2.23. The van der Waals surface area contributed by atoms with E-state index < -0.39 is 4.92 Å². The Bertz CT molecular complexity index is 810. The predicted molar refractivity (Wildman–Crippen MR) is 104 cm³/mol. The summed E-state index contributed by atoms with van der Waals surface area (Å²) in [6.07, 6.45) is 3.16. The van der Waals surface area contributed by atoms with Crippen LogP contribution in [0.4, 0.5) is 5.69 Å². The Hall–Kier alpha value is -2.16. The molecule has 0 unspecified atom stereocenters. The van der Waals surface area contributed by atoms with Gasteiger partial charge in [0.05, 0.1) is 15.0 Å². The Morgan fingerprint density at radius 1 is 1.26 bits per heavy atom.